The van der Waals surface area contributed by atoms with Crippen LogP contribution in [0.25, 0.3) is 11.4 Å². The molecule has 0 spiro atoms. The zero-order valence-electron chi connectivity index (χ0n) is 14.1. The molecule has 24 heavy (non-hydrogen) atoms. The Bertz CT molecular complexity index is 852. The number of aromatic nitrogens is 3. The van der Waals surface area contributed by atoms with Gasteiger partial charge < -0.3 is 4.74 Å². The summed E-state index contributed by atoms with van der Waals surface area (Å²) in [5, 5.41) is 4.28. The largest absolute Gasteiger partial charge is 0.497 e. The Morgan fingerprint density at radius 2 is 1.88 bits per heavy atom. The van der Waals surface area contributed by atoms with Crippen LogP contribution in [0.5, 0.6) is 5.75 Å². The number of methoxy groups -OCH3 is 1. The SMILES string of the molecule is COc1ccc(-c2nn(CCNS(=O)(=O)N(C)C)c(=O)n2C)cc1. The molecule has 0 bridgehead atoms. The van der Waals surface area contributed by atoms with Gasteiger partial charge in [-0.2, -0.15) is 12.7 Å². The first kappa shape index (κ1) is 18.2. The average molecular weight is 355 g/mol. The standard InChI is InChI=1S/C14H21N5O4S/c1-17(2)24(21,22)15-9-10-19-14(20)18(3)13(16-19)11-5-7-12(23-4)8-6-11/h5-8,15H,9-10H2,1-4H3. The molecule has 0 fully saturated rings. The summed E-state index contributed by atoms with van der Waals surface area (Å²) in [6, 6.07) is 7.17. The summed E-state index contributed by atoms with van der Waals surface area (Å²) in [5.41, 5.74) is 0.452. The molecule has 0 saturated carbocycles. The molecule has 0 aliphatic rings. The second-order valence-corrected chi connectivity index (χ2v) is 7.27. The minimum absolute atomic E-state index is 0.0689. The van der Waals surface area contributed by atoms with Gasteiger partial charge in [-0.15, -0.1) is 5.10 Å². The Labute approximate surface area is 140 Å². The van der Waals surface area contributed by atoms with Gasteiger partial charge in [0.15, 0.2) is 5.82 Å². The van der Waals surface area contributed by atoms with E-state index in [4.69, 9.17) is 4.74 Å². The summed E-state index contributed by atoms with van der Waals surface area (Å²) in [5.74, 6) is 1.21. The lowest BCUT2D eigenvalue weighted by molar-refractivity contribution is 0.415. The number of hydrogen-bond donors (Lipinski definition) is 1. The third-order valence-electron chi connectivity index (χ3n) is 3.48. The molecule has 0 atom stereocenters. The monoisotopic (exact) mass is 355 g/mol. The summed E-state index contributed by atoms with van der Waals surface area (Å²) in [4.78, 5) is 12.2. The molecule has 10 heteroatoms. The van der Waals surface area contributed by atoms with Crippen LogP contribution in [0.4, 0.5) is 0 Å². The maximum absolute atomic E-state index is 12.2. The van der Waals surface area contributed by atoms with Gasteiger partial charge in [0.05, 0.1) is 13.7 Å². The molecule has 2 aromatic rings. The Kier molecular flexibility index (Phi) is 5.42. The quantitative estimate of drug-likeness (QED) is 0.732. The van der Waals surface area contributed by atoms with E-state index in [9.17, 15) is 13.2 Å². The van der Waals surface area contributed by atoms with Gasteiger partial charge in [0.25, 0.3) is 10.2 Å². The van der Waals surface area contributed by atoms with Gasteiger partial charge in [0.2, 0.25) is 0 Å². The first-order valence-corrected chi connectivity index (χ1v) is 8.65. The Morgan fingerprint density at radius 1 is 1.25 bits per heavy atom. The van der Waals surface area contributed by atoms with Crippen molar-refractivity contribution < 1.29 is 13.2 Å². The van der Waals surface area contributed by atoms with Gasteiger partial charge in [-0.05, 0) is 24.3 Å². The molecule has 0 aliphatic carbocycles. The molecular weight excluding hydrogens is 334 g/mol. The van der Waals surface area contributed by atoms with E-state index in [1.54, 1.807) is 38.4 Å². The zero-order chi connectivity index (χ0) is 17.9. The van der Waals surface area contributed by atoms with Gasteiger partial charge in [-0.1, -0.05) is 0 Å². The smallest absolute Gasteiger partial charge is 0.345 e. The predicted octanol–water partition coefficient (Wildman–Crippen LogP) is -0.347. The first-order valence-electron chi connectivity index (χ1n) is 7.21. The molecule has 1 heterocycles. The number of ether oxygens (including phenoxy) is 1. The highest BCUT2D eigenvalue weighted by atomic mass is 32.2. The topological polar surface area (TPSA) is 98.5 Å². The molecule has 1 aromatic heterocycles. The molecule has 0 radical (unpaired) electrons. The molecule has 132 valence electrons. The van der Waals surface area contributed by atoms with E-state index in [1.165, 1.54) is 23.3 Å². The fourth-order valence-electron chi connectivity index (χ4n) is 2.03. The summed E-state index contributed by atoms with van der Waals surface area (Å²) < 4.78 is 34.5. The third-order valence-corrected chi connectivity index (χ3v) is 5.01. The van der Waals surface area contributed by atoms with Crippen LogP contribution >= 0.6 is 0 Å². The molecule has 0 unspecified atom stereocenters. The van der Waals surface area contributed by atoms with E-state index < -0.39 is 10.2 Å². The van der Waals surface area contributed by atoms with Crippen molar-refractivity contribution >= 4 is 10.2 Å². The van der Waals surface area contributed by atoms with Crippen molar-refractivity contribution in [2.24, 2.45) is 7.05 Å². The van der Waals surface area contributed by atoms with Gasteiger partial charge in [0.1, 0.15) is 5.75 Å². The van der Waals surface area contributed by atoms with E-state index in [-0.39, 0.29) is 18.8 Å². The second-order valence-electron chi connectivity index (χ2n) is 5.30. The normalized spacial score (nSPS) is 11.9. The molecule has 0 amide bonds. The van der Waals surface area contributed by atoms with E-state index in [1.807, 2.05) is 0 Å². The van der Waals surface area contributed by atoms with Crippen LogP contribution in [-0.2, 0) is 23.8 Å². The first-order chi connectivity index (χ1) is 11.3. The molecule has 0 saturated heterocycles. The van der Waals surface area contributed by atoms with Gasteiger partial charge in [0, 0.05) is 33.3 Å². The number of nitrogens with zero attached hydrogens (tertiary/aromatic N) is 4. The minimum atomic E-state index is -3.52. The average Bonchev–Trinajstić information content (AvgIpc) is 2.83. The fraction of sp³-hybridized carbons (Fsp3) is 0.429. The van der Waals surface area contributed by atoms with Crippen molar-refractivity contribution in [3.8, 4) is 17.1 Å². The summed E-state index contributed by atoms with van der Waals surface area (Å²) in [6.07, 6.45) is 0. The highest BCUT2D eigenvalue weighted by Gasteiger charge is 2.15. The number of hydrogen-bond acceptors (Lipinski definition) is 5. The highest BCUT2D eigenvalue weighted by molar-refractivity contribution is 7.87. The van der Waals surface area contributed by atoms with Crippen LogP contribution in [-0.4, -0.2) is 54.8 Å². The molecular formula is C14H21N5O4S. The van der Waals surface area contributed by atoms with Crippen molar-refractivity contribution in [1.29, 1.82) is 0 Å². The number of rotatable bonds is 7. The molecule has 9 nitrogen and oxygen atoms in total. The van der Waals surface area contributed by atoms with E-state index in [0.29, 0.717) is 11.6 Å². The van der Waals surface area contributed by atoms with Crippen molar-refractivity contribution in [2.75, 3.05) is 27.7 Å². The maximum Gasteiger partial charge on any atom is 0.345 e. The lowest BCUT2D eigenvalue weighted by Gasteiger charge is -2.11. The summed E-state index contributed by atoms with van der Waals surface area (Å²) >= 11 is 0. The van der Waals surface area contributed by atoms with Gasteiger partial charge >= 0.3 is 5.69 Å². The second kappa shape index (κ2) is 7.16. The molecule has 1 N–H and O–H groups in total. The Hall–Kier alpha value is -2.17. The number of benzene rings is 1. The van der Waals surface area contributed by atoms with Crippen molar-refractivity contribution in [2.45, 2.75) is 6.54 Å². The Balaban J connectivity index is 2.17. The van der Waals surface area contributed by atoms with E-state index in [2.05, 4.69) is 9.82 Å². The molecule has 2 rings (SSSR count). The fourth-order valence-corrected chi connectivity index (χ4v) is 2.64. The van der Waals surface area contributed by atoms with Crippen molar-refractivity contribution in [3.05, 3.63) is 34.7 Å². The van der Waals surface area contributed by atoms with Crippen LogP contribution in [0.3, 0.4) is 0 Å². The van der Waals surface area contributed by atoms with Gasteiger partial charge in [-0.25, -0.2) is 14.2 Å². The van der Waals surface area contributed by atoms with E-state index >= 15 is 0 Å². The van der Waals surface area contributed by atoms with Crippen LogP contribution in [0, 0.1) is 0 Å². The van der Waals surface area contributed by atoms with Crippen LogP contribution in [0.1, 0.15) is 0 Å². The molecule has 0 aliphatic heterocycles. The van der Waals surface area contributed by atoms with Crippen LogP contribution in [0.2, 0.25) is 0 Å². The lowest BCUT2D eigenvalue weighted by atomic mass is 10.2. The van der Waals surface area contributed by atoms with E-state index in [0.717, 1.165) is 9.87 Å². The Morgan fingerprint density at radius 3 is 2.42 bits per heavy atom. The van der Waals surface area contributed by atoms with Crippen molar-refractivity contribution in [3.63, 3.8) is 0 Å². The van der Waals surface area contributed by atoms with Crippen LogP contribution in [0.15, 0.2) is 29.1 Å². The zero-order valence-corrected chi connectivity index (χ0v) is 14.9. The number of nitrogens with one attached hydrogen (secondary N) is 1. The molecule has 1 aromatic carbocycles. The summed E-state index contributed by atoms with van der Waals surface area (Å²) in [7, 11) is 2.53. The van der Waals surface area contributed by atoms with Crippen molar-refractivity contribution in [1.82, 2.24) is 23.4 Å². The van der Waals surface area contributed by atoms with Gasteiger partial charge in [-0.3, -0.25) is 4.57 Å². The summed E-state index contributed by atoms with van der Waals surface area (Å²) in [6.45, 7) is 0.204. The van der Waals surface area contributed by atoms with Crippen LogP contribution < -0.4 is 15.1 Å². The third kappa shape index (κ3) is 3.83. The maximum atomic E-state index is 12.2. The predicted molar refractivity (Wildman–Crippen MR) is 90.1 cm³/mol. The highest BCUT2D eigenvalue weighted by Crippen LogP contribution is 2.19. The lowest BCUT2D eigenvalue weighted by Crippen LogP contribution is -2.38. The minimum Gasteiger partial charge on any atom is -0.497 e.